The Hall–Kier alpha value is -1.70. The highest BCUT2D eigenvalue weighted by Gasteiger charge is 2.56. The molecule has 3 aliphatic rings. The van der Waals surface area contributed by atoms with Crippen LogP contribution in [-0.4, -0.2) is 6.10 Å². The molecule has 1 saturated carbocycles. The number of allylic oxidation sites excluding steroid dienone is 1. The van der Waals surface area contributed by atoms with Crippen LogP contribution < -0.4 is 10.5 Å². The first kappa shape index (κ1) is 10.2. The van der Waals surface area contributed by atoms with E-state index in [9.17, 15) is 0 Å². The van der Waals surface area contributed by atoms with Gasteiger partial charge in [-0.2, -0.15) is 0 Å². The van der Waals surface area contributed by atoms with Crippen LogP contribution in [-0.2, 0) is 5.41 Å². The maximum absolute atomic E-state index is 6.13. The summed E-state index contributed by atoms with van der Waals surface area (Å²) in [5.41, 5.74) is 9.75. The second kappa shape index (κ2) is 3.19. The molecule has 18 heavy (non-hydrogen) atoms. The Morgan fingerprint density at radius 1 is 1.33 bits per heavy atom. The smallest absolute Gasteiger partial charge is 0.126 e. The molecule has 1 spiro atoms. The highest BCUT2D eigenvalue weighted by Crippen LogP contribution is 2.61. The van der Waals surface area contributed by atoms with Crippen LogP contribution in [0.2, 0.25) is 0 Å². The minimum absolute atomic E-state index is 0.118. The minimum atomic E-state index is 0.118. The molecular formula is C16H17NO. The monoisotopic (exact) mass is 239 g/mol. The Morgan fingerprint density at radius 2 is 2.17 bits per heavy atom. The number of fused-ring (bicyclic) bond motifs is 4. The predicted octanol–water partition coefficient (Wildman–Crippen LogP) is 2.82. The largest absolute Gasteiger partial charge is 0.485 e. The first-order valence-corrected chi connectivity index (χ1v) is 6.62. The topological polar surface area (TPSA) is 35.2 Å². The molecule has 1 aromatic rings. The predicted molar refractivity (Wildman–Crippen MR) is 71.4 cm³/mol. The van der Waals surface area contributed by atoms with Crippen molar-refractivity contribution in [3.05, 3.63) is 53.3 Å². The van der Waals surface area contributed by atoms with Crippen LogP contribution in [0.3, 0.4) is 0 Å². The molecule has 0 bridgehead atoms. The first-order valence-electron chi connectivity index (χ1n) is 6.62. The van der Waals surface area contributed by atoms with Gasteiger partial charge in [0.2, 0.25) is 0 Å². The summed E-state index contributed by atoms with van der Waals surface area (Å²) >= 11 is 0. The fourth-order valence-electron chi connectivity index (χ4n) is 3.48. The van der Waals surface area contributed by atoms with Gasteiger partial charge in [-0.15, -0.1) is 0 Å². The van der Waals surface area contributed by atoms with Crippen LogP contribution >= 0.6 is 0 Å². The van der Waals surface area contributed by atoms with Crippen molar-refractivity contribution in [1.29, 1.82) is 0 Å². The van der Waals surface area contributed by atoms with Gasteiger partial charge in [0.25, 0.3) is 0 Å². The van der Waals surface area contributed by atoms with Crippen molar-refractivity contribution in [2.24, 2.45) is 11.7 Å². The molecule has 2 heteroatoms. The van der Waals surface area contributed by atoms with Crippen molar-refractivity contribution in [2.75, 3.05) is 0 Å². The summed E-state index contributed by atoms with van der Waals surface area (Å²) in [4.78, 5) is 0. The summed E-state index contributed by atoms with van der Waals surface area (Å²) in [6.45, 7) is 2.15. The van der Waals surface area contributed by atoms with Crippen LogP contribution in [0.1, 0.15) is 24.0 Å². The maximum atomic E-state index is 6.13. The van der Waals surface area contributed by atoms with Crippen molar-refractivity contribution < 1.29 is 4.74 Å². The normalized spacial score (nSPS) is 30.2. The van der Waals surface area contributed by atoms with Crippen molar-refractivity contribution in [1.82, 2.24) is 0 Å². The number of rotatable bonds is 0. The Balaban J connectivity index is 1.88. The lowest BCUT2D eigenvalue weighted by atomic mass is 9.74. The minimum Gasteiger partial charge on any atom is -0.485 e. The van der Waals surface area contributed by atoms with Gasteiger partial charge >= 0.3 is 0 Å². The molecule has 0 saturated heterocycles. The van der Waals surface area contributed by atoms with Crippen LogP contribution in [0.15, 0.2) is 42.1 Å². The zero-order valence-electron chi connectivity index (χ0n) is 10.5. The van der Waals surface area contributed by atoms with Crippen LogP contribution in [0, 0.1) is 12.8 Å². The standard InChI is InChI=1S/C16H17NO/c1-10-2-5-14-13(8-10)16(6-7-16)12-4-3-11(17)9-15(12)18-14/h2-5,8-9,12,15H,6-7,17H2,1H3. The van der Waals surface area contributed by atoms with Gasteiger partial charge in [-0.1, -0.05) is 23.8 Å². The lowest BCUT2D eigenvalue weighted by molar-refractivity contribution is 0.146. The molecule has 92 valence electrons. The van der Waals surface area contributed by atoms with Gasteiger partial charge in [-0.3, -0.25) is 0 Å². The zero-order chi connectivity index (χ0) is 12.3. The lowest BCUT2D eigenvalue weighted by Gasteiger charge is -2.39. The molecular weight excluding hydrogens is 222 g/mol. The first-order chi connectivity index (χ1) is 8.69. The van der Waals surface area contributed by atoms with Crippen LogP contribution in [0.5, 0.6) is 5.75 Å². The molecule has 1 fully saturated rings. The summed E-state index contributed by atoms with van der Waals surface area (Å²) in [5, 5.41) is 0. The van der Waals surface area contributed by atoms with E-state index in [0.717, 1.165) is 11.4 Å². The summed E-state index contributed by atoms with van der Waals surface area (Å²) in [6.07, 6.45) is 9.00. The van der Waals surface area contributed by atoms with Crippen molar-refractivity contribution in [3.63, 3.8) is 0 Å². The fourth-order valence-corrected chi connectivity index (χ4v) is 3.48. The van der Waals surface area contributed by atoms with E-state index >= 15 is 0 Å². The van der Waals surface area contributed by atoms with E-state index in [4.69, 9.17) is 10.5 Å². The average Bonchev–Trinajstić information content (AvgIpc) is 3.12. The van der Waals surface area contributed by atoms with E-state index in [1.807, 2.05) is 6.08 Å². The molecule has 4 rings (SSSR count). The summed E-state index contributed by atoms with van der Waals surface area (Å²) in [6, 6.07) is 6.54. The number of ether oxygens (including phenoxy) is 1. The lowest BCUT2D eigenvalue weighted by Crippen LogP contribution is -2.40. The second-order valence-electron chi connectivity index (χ2n) is 5.79. The SMILES string of the molecule is Cc1ccc2c(c1)C1(CC1)C1C=CC(N)=CC1O2. The van der Waals surface area contributed by atoms with Crippen molar-refractivity contribution >= 4 is 0 Å². The third kappa shape index (κ3) is 1.23. The van der Waals surface area contributed by atoms with Crippen LogP contribution in [0.4, 0.5) is 0 Å². The number of benzene rings is 1. The second-order valence-corrected chi connectivity index (χ2v) is 5.79. The molecule has 0 amide bonds. The van der Waals surface area contributed by atoms with Gasteiger partial charge in [-0.05, 0) is 38.0 Å². The van der Waals surface area contributed by atoms with E-state index in [0.29, 0.717) is 11.3 Å². The fraction of sp³-hybridized carbons (Fsp3) is 0.375. The van der Waals surface area contributed by atoms with Gasteiger partial charge in [0.1, 0.15) is 11.9 Å². The highest BCUT2D eigenvalue weighted by molar-refractivity contribution is 5.51. The van der Waals surface area contributed by atoms with Gasteiger partial charge in [0.15, 0.2) is 0 Å². The molecule has 0 radical (unpaired) electrons. The molecule has 2 nitrogen and oxygen atoms in total. The Kier molecular flexibility index (Phi) is 1.82. The summed E-state index contributed by atoms with van der Waals surface area (Å²) in [7, 11) is 0. The van der Waals surface area contributed by atoms with Crippen molar-refractivity contribution in [2.45, 2.75) is 31.3 Å². The Morgan fingerprint density at radius 3 is 2.94 bits per heavy atom. The quantitative estimate of drug-likeness (QED) is 0.755. The maximum Gasteiger partial charge on any atom is 0.126 e. The third-order valence-corrected chi connectivity index (χ3v) is 4.57. The van der Waals surface area contributed by atoms with E-state index in [1.165, 1.54) is 24.0 Å². The summed E-state index contributed by atoms with van der Waals surface area (Å²) < 4.78 is 6.13. The number of nitrogens with two attached hydrogens (primary N) is 1. The average molecular weight is 239 g/mol. The van der Waals surface area contributed by atoms with Crippen LogP contribution in [0.25, 0.3) is 0 Å². The van der Waals surface area contributed by atoms with E-state index < -0.39 is 0 Å². The van der Waals surface area contributed by atoms with Gasteiger partial charge in [0.05, 0.1) is 0 Å². The van der Waals surface area contributed by atoms with Gasteiger partial charge < -0.3 is 10.5 Å². The van der Waals surface area contributed by atoms with Crippen molar-refractivity contribution in [3.8, 4) is 5.75 Å². The molecule has 2 aliphatic carbocycles. The molecule has 2 unspecified atom stereocenters. The Labute approximate surface area is 107 Å². The summed E-state index contributed by atoms with van der Waals surface area (Å²) in [5.74, 6) is 1.51. The van der Waals surface area contributed by atoms with Gasteiger partial charge in [-0.25, -0.2) is 0 Å². The highest BCUT2D eigenvalue weighted by atomic mass is 16.5. The number of hydrogen-bond acceptors (Lipinski definition) is 2. The molecule has 1 aromatic carbocycles. The number of hydrogen-bond donors (Lipinski definition) is 1. The van der Waals surface area contributed by atoms with Gasteiger partial charge in [0, 0.05) is 22.6 Å². The molecule has 0 aromatic heterocycles. The molecule has 1 heterocycles. The number of aryl methyl sites for hydroxylation is 1. The molecule has 2 atom stereocenters. The molecule has 1 aliphatic heterocycles. The van der Waals surface area contributed by atoms with E-state index in [-0.39, 0.29) is 6.10 Å². The van der Waals surface area contributed by atoms with E-state index in [1.54, 1.807) is 0 Å². The Bertz CT molecular complexity index is 581. The van der Waals surface area contributed by atoms with E-state index in [2.05, 4.69) is 37.3 Å². The molecule has 2 N–H and O–H groups in total. The zero-order valence-corrected chi connectivity index (χ0v) is 10.5. The third-order valence-electron chi connectivity index (χ3n) is 4.57.